The van der Waals surface area contributed by atoms with Crippen molar-refractivity contribution in [3.63, 3.8) is 0 Å². The lowest BCUT2D eigenvalue weighted by Gasteiger charge is -2.12. The van der Waals surface area contributed by atoms with Gasteiger partial charge in [0.2, 0.25) is 5.91 Å². The number of amides is 1. The first kappa shape index (κ1) is 13.8. The van der Waals surface area contributed by atoms with Crippen LogP contribution in [-0.2, 0) is 11.2 Å². The number of carbonyl (C=O) groups excluding carboxylic acids is 1. The summed E-state index contributed by atoms with van der Waals surface area (Å²) in [5, 5.41) is 2.81. The summed E-state index contributed by atoms with van der Waals surface area (Å²) in [5.41, 5.74) is 1.27. The minimum atomic E-state index is 0.0358. The summed E-state index contributed by atoms with van der Waals surface area (Å²) in [4.78, 5) is 12.1. The van der Waals surface area contributed by atoms with Crippen molar-refractivity contribution in [3.8, 4) is 0 Å². The lowest BCUT2D eigenvalue weighted by atomic mass is 10.1. The largest absolute Gasteiger partial charge is 0.356 e. The van der Waals surface area contributed by atoms with Gasteiger partial charge < -0.3 is 5.32 Å². The molecule has 2 rings (SSSR count). The molecular formula is C13H18N2OS2. The van der Waals surface area contributed by atoms with Crippen LogP contribution in [0.25, 0.3) is 0 Å². The van der Waals surface area contributed by atoms with Gasteiger partial charge in [0.25, 0.3) is 0 Å². The third-order valence-electron chi connectivity index (χ3n) is 2.67. The number of nitrogens with zero attached hydrogens (tertiary/aromatic N) is 1. The van der Waals surface area contributed by atoms with Crippen LogP contribution in [0.4, 0.5) is 0 Å². The molecule has 0 unspecified atom stereocenters. The van der Waals surface area contributed by atoms with Gasteiger partial charge in [-0.05, 0) is 36.1 Å². The van der Waals surface area contributed by atoms with E-state index in [2.05, 4.69) is 33.9 Å². The molecule has 1 aliphatic heterocycles. The van der Waals surface area contributed by atoms with Gasteiger partial charge in [0, 0.05) is 30.7 Å². The highest BCUT2D eigenvalue weighted by Gasteiger charge is 2.12. The van der Waals surface area contributed by atoms with Crippen LogP contribution >= 0.6 is 23.7 Å². The van der Waals surface area contributed by atoms with Gasteiger partial charge in [0.15, 0.2) is 0 Å². The van der Waals surface area contributed by atoms with E-state index >= 15 is 0 Å². The van der Waals surface area contributed by atoms with Crippen molar-refractivity contribution in [1.29, 1.82) is 0 Å². The molecule has 1 fully saturated rings. The van der Waals surface area contributed by atoms with Crippen LogP contribution in [0.1, 0.15) is 12.5 Å². The standard InChI is InChI=1S/C13H18N2OS2/c1-11(16)14-7-6-12-2-4-13(5-3-12)18-15-8-9-17-10-15/h2-5H,6-10H2,1H3,(H,14,16). The summed E-state index contributed by atoms with van der Waals surface area (Å²) in [6.07, 6.45) is 0.893. The molecule has 18 heavy (non-hydrogen) atoms. The highest BCUT2D eigenvalue weighted by atomic mass is 32.2. The molecule has 1 aliphatic rings. The molecule has 0 radical (unpaired) electrons. The van der Waals surface area contributed by atoms with Crippen molar-refractivity contribution >= 4 is 29.6 Å². The van der Waals surface area contributed by atoms with Crippen molar-refractivity contribution in [1.82, 2.24) is 9.62 Å². The second kappa shape index (κ2) is 7.07. The van der Waals surface area contributed by atoms with Gasteiger partial charge in [-0.3, -0.25) is 4.79 Å². The molecule has 1 amide bonds. The fourth-order valence-electron chi connectivity index (χ4n) is 1.72. The van der Waals surface area contributed by atoms with Gasteiger partial charge in [-0.15, -0.1) is 11.8 Å². The fraction of sp³-hybridized carbons (Fsp3) is 0.462. The summed E-state index contributed by atoms with van der Waals surface area (Å²) in [5.74, 6) is 2.39. The zero-order chi connectivity index (χ0) is 12.8. The zero-order valence-corrected chi connectivity index (χ0v) is 12.1. The smallest absolute Gasteiger partial charge is 0.216 e. The maximum absolute atomic E-state index is 10.8. The number of carbonyl (C=O) groups is 1. The van der Waals surface area contributed by atoms with Gasteiger partial charge in [-0.2, -0.15) is 0 Å². The van der Waals surface area contributed by atoms with E-state index < -0.39 is 0 Å². The van der Waals surface area contributed by atoms with Crippen LogP contribution in [-0.4, -0.2) is 34.9 Å². The Morgan fingerprint density at radius 3 is 2.83 bits per heavy atom. The van der Waals surface area contributed by atoms with Crippen LogP contribution in [0.3, 0.4) is 0 Å². The Bertz CT molecular complexity index is 388. The van der Waals surface area contributed by atoms with E-state index in [1.54, 1.807) is 6.92 Å². The molecule has 98 valence electrons. The topological polar surface area (TPSA) is 32.3 Å². The molecule has 0 saturated carbocycles. The van der Waals surface area contributed by atoms with E-state index in [9.17, 15) is 4.79 Å². The number of thioether (sulfide) groups is 1. The Hall–Kier alpha value is -0.650. The van der Waals surface area contributed by atoms with E-state index in [4.69, 9.17) is 0 Å². The minimum Gasteiger partial charge on any atom is -0.356 e. The minimum absolute atomic E-state index is 0.0358. The molecule has 5 heteroatoms. The molecular weight excluding hydrogens is 264 g/mol. The number of benzene rings is 1. The molecule has 1 aromatic carbocycles. The average molecular weight is 282 g/mol. The Kier molecular flexibility index (Phi) is 5.41. The van der Waals surface area contributed by atoms with Crippen LogP contribution in [0.15, 0.2) is 29.2 Å². The van der Waals surface area contributed by atoms with Crippen molar-refractivity contribution in [2.75, 3.05) is 24.7 Å². The van der Waals surface area contributed by atoms with Crippen molar-refractivity contribution in [2.24, 2.45) is 0 Å². The molecule has 0 spiro atoms. The molecule has 1 saturated heterocycles. The Balaban J connectivity index is 1.79. The highest BCUT2D eigenvalue weighted by molar-refractivity contribution is 8.02. The third-order valence-corrected chi connectivity index (χ3v) is 4.85. The summed E-state index contributed by atoms with van der Waals surface area (Å²) >= 11 is 3.81. The van der Waals surface area contributed by atoms with E-state index in [0.717, 1.165) is 12.3 Å². The van der Waals surface area contributed by atoms with Crippen molar-refractivity contribution < 1.29 is 4.79 Å². The van der Waals surface area contributed by atoms with Gasteiger partial charge in [0.05, 0.1) is 5.88 Å². The molecule has 0 bridgehead atoms. The summed E-state index contributed by atoms with van der Waals surface area (Å²) in [6.45, 7) is 3.43. The summed E-state index contributed by atoms with van der Waals surface area (Å²) in [6, 6.07) is 8.62. The normalized spacial score (nSPS) is 15.8. The van der Waals surface area contributed by atoms with Gasteiger partial charge in [-0.25, -0.2) is 4.31 Å². The second-order valence-corrected chi connectivity index (χ2v) is 6.46. The first-order valence-electron chi connectivity index (χ1n) is 6.08. The Labute approximate surface area is 117 Å². The number of nitrogens with one attached hydrogen (secondary N) is 1. The first-order chi connectivity index (χ1) is 8.74. The fourth-order valence-corrected chi connectivity index (χ4v) is 3.82. The van der Waals surface area contributed by atoms with Gasteiger partial charge in [-0.1, -0.05) is 12.1 Å². The molecule has 0 atom stereocenters. The third kappa shape index (κ3) is 4.55. The van der Waals surface area contributed by atoms with E-state index in [1.807, 2.05) is 23.7 Å². The quantitative estimate of drug-likeness (QED) is 0.841. The van der Waals surface area contributed by atoms with Crippen LogP contribution in [0.2, 0.25) is 0 Å². The lowest BCUT2D eigenvalue weighted by molar-refractivity contribution is -0.118. The van der Waals surface area contributed by atoms with Crippen LogP contribution < -0.4 is 5.32 Å². The Morgan fingerprint density at radius 2 is 2.22 bits per heavy atom. The molecule has 1 aromatic rings. The highest BCUT2D eigenvalue weighted by Crippen LogP contribution is 2.28. The maximum atomic E-state index is 10.8. The predicted molar refractivity (Wildman–Crippen MR) is 78.7 cm³/mol. The molecule has 0 aromatic heterocycles. The number of hydrogen-bond acceptors (Lipinski definition) is 4. The summed E-state index contributed by atoms with van der Waals surface area (Å²) < 4.78 is 2.39. The zero-order valence-electron chi connectivity index (χ0n) is 10.5. The molecule has 0 aliphatic carbocycles. The van der Waals surface area contributed by atoms with Crippen LogP contribution in [0, 0.1) is 0 Å². The van der Waals surface area contributed by atoms with E-state index in [1.165, 1.54) is 22.8 Å². The molecule has 3 nitrogen and oxygen atoms in total. The molecule has 1 N–H and O–H groups in total. The van der Waals surface area contributed by atoms with Gasteiger partial charge >= 0.3 is 0 Å². The molecule has 1 heterocycles. The van der Waals surface area contributed by atoms with E-state index in [0.29, 0.717) is 6.54 Å². The second-order valence-electron chi connectivity index (χ2n) is 4.21. The van der Waals surface area contributed by atoms with E-state index in [-0.39, 0.29) is 5.91 Å². The summed E-state index contributed by atoms with van der Waals surface area (Å²) in [7, 11) is 0. The number of hydrogen-bond donors (Lipinski definition) is 1. The van der Waals surface area contributed by atoms with Gasteiger partial charge in [0.1, 0.15) is 0 Å². The first-order valence-corrected chi connectivity index (χ1v) is 8.01. The van der Waals surface area contributed by atoms with Crippen LogP contribution in [0.5, 0.6) is 0 Å². The SMILES string of the molecule is CC(=O)NCCc1ccc(SN2CCSC2)cc1. The lowest BCUT2D eigenvalue weighted by Crippen LogP contribution is -2.22. The monoisotopic (exact) mass is 282 g/mol. The predicted octanol–water partition coefficient (Wildman–Crippen LogP) is 2.38. The van der Waals surface area contributed by atoms with Crippen molar-refractivity contribution in [2.45, 2.75) is 18.2 Å². The number of rotatable bonds is 5. The Morgan fingerprint density at radius 1 is 1.44 bits per heavy atom. The maximum Gasteiger partial charge on any atom is 0.216 e. The van der Waals surface area contributed by atoms with Crippen molar-refractivity contribution in [3.05, 3.63) is 29.8 Å². The average Bonchev–Trinajstić information content (AvgIpc) is 2.84.